The van der Waals surface area contributed by atoms with Crippen LogP contribution in [0.3, 0.4) is 0 Å². The van der Waals surface area contributed by atoms with E-state index in [9.17, 15) is 4.79 Å². The van der Waals surface area contributed by atoms with Crippen LogP contribution in [-0.4, -0.2) is 18.8 Å². The molecule has 0 spiro atoms. The van der Waals surface area contributed by atoms with Crippen molar-refractivity contribution in [3.05, 3.63) is 48.0 Å². The molecular formula is C16H18N2O2S. The molecule has 0 bridgehead atoms. The largest absolute Gasteiger partial charge is 0.497 e. The molecule has 0 saturated carbocycles. The SMILES string of the molecule is COc1ccc(NC(=O)CSc2cccc(N)c2C)cc1. The molecule has 1 amide bonds. The molecule has 0 heterocycles. The molecule has 0 aliphatic carbocycles. The highest BCUT2D eigenvalue weighted by Gasteiger charge is 2.07. The number of hydrogen-bond donors (Lipinski definition) is 2. The van der Waals surface area contributed by atoms with Gasteiger partial charge in [-0.1, -0.05) is 6.07 Å². The first-order valence-corrected chi connectivity index (χ1v) is 7.50. The number of nitrogens with one attached hydrogen (secondary N) is 1. The van der Waals surface area contributed by atoms with Gasteiger partial charge < -0.3 is 15.8 Å². The van der Waals surface area contributed by atoms with Gasteiger partial charge in [-0.2, -0.15) is 0 Å². The van der Waals surface area contributed by atoms with Crippen LogP contribution in [0.4, 0.5) is 11.4 Å². The highest BCUT2D eigenvalue weighted by molar-refractivity contribution is 8.00. The Kier molecular flexibility index (Phi) is 5.11. The van der Waals surface area contributed by atoms with E-state index in [1.807, 2.05) is 49.4 Å². The molecule has 0 aliphatic heterocycles. The molecule has 0 radical (unpaired) electrons. The molecule has 21 heavy (non-hydrogen) atoms. The van der Waals surface area contributed by atoms with Crippen molar-refractivity contribution in [2.45, 2.75) is 11.8 Å². The second-order valence-corrected chi connectivity index (χ2v) is 5.55. The zero-order valence-corrected chi connectivity index (χ0v) is 12.9. The zero-order valence-electron chi connectivity index (χ0n) is 12.1. The lowest BCUT2D eigenvalue weighted by Crippen LogP contribution is -2.14. The number of carbonyl (C=O) groups is 1. The van der Waals surface area contributed by atoms with Crippen molar-refractivity contribution >= 4 is 29.0 Å². The summed E-state index contributed by atoms with van der Waals surface area (Å²) < 4.78 is 5.08. The average molecular weight is 302 g/mol. The fourth-order valence-electron chi connectivity index (χ4n) is 1.80. The first-order valence-electron chi connectivity index (χ1n) is 6.52. The van der Waals surface area contributed by atoms with Crippen LogP contribution in [0.1, 0.15) is 5.56 Å². The molecule has 4 nitrogen and oxygen atoms in total. The monoisotopic (exact) mass is 302 g/mol. The number of benzene rings is 2. The minimum atomic E-state index is -0.0491. The van der Waals surface area contributed by atoms with E-state index in [1.165, 1.54) is 11.8 Å². The van der Waals surface area contributed by atoms with Crippen molar-refractivity contribution in [3.63, 3.8) is 0 Å². The quantitative estimate of drug-likeness (QED) is 0.657. The van der Waals surface area contributed by atoms with Crippen molar-refractivity contribution in [2.24, 2.45) is 0 Å². The van der Waals surface area contributed by atoms with E-state index in [-0.39, 0.29) is 5.91 Å². The first kappa shape index (κ1) is 15.3. The maximum absolute atomic E-state index is 11.9. The number of hydrogen-bond acceptors (Lipinski definition) is 4. The molecule has 3 N–H and O–H groups in total. The molecule has 0 fully saturated rings. The van der Waals surface area contributed by atoms with Gasteiger partial charge in [-0.05, 0) is 48.9 Å². The van der Waals surface area contributed by atoms with Crippen LogP contribution in [0.2, 0.25) is 0 Å². The van der Waals surface area contributed by atoms with Gasteiger partial charge in [0.1, 0.15) is 5.75 Å². The van der Waals surface area contributed by atoms with Gasteiger partial charge in [-0.3, -0.25) is 4.79 Å². The Morgan fingerprint density at radius 3 is 2.62 bits per heavy atom. The summed E-state index contributed by atoms with van der Waals surface area (Å²) in [6, 6.07) is 13.0. The molecule has 0 aromatic heterocycles. The van der Waals surface area contributed by atoms with Crippen LogP contribution in [-0.2, 0) is 4.79 Å². The van der Waals surface area contributed by atoms with E-state index in [4.69, 9.17) is 10.5 Å². The second kappa shape index (κ2) is 7.04. The van der Waals surface area contributed by atoms with E-state index in [0.717, 1.165) is 27.6 Å². The normalized spacial score (nSPS) is 10.2. The number of ether oxygens (including phenoxy) is 1. The lowest BCUT2D eigenvalue weighted by Gasteiger charge is -2.09. The number of anilines is 2. The van der Waals surface area contributed by atoms with Crippen molar-refractivity contribution in [2.75, 3.05) is 23.9 Å². The highest BCUT2D eigenvalue weighted by atomic mass is 32.2. The highest BCUT2D eigenvalue weighted by Crippen LogP contribution is 2.26. The van der Waals surface area contributed by atoms with Crippen LogP contribution in [0.5, 0.6) is 5.75 Å². The maximum atomic E-state index is 11.9. The molecule has 110 valence electrons. The Hall–Kier alpha value is -2.14. The lowest BCUT2D eigenvalue weighted by molar-refractivity contribution is -0.113. The second-order valence-electron chi connectivity index (χ2n) is 4.54. The molecule has 0 unspecified atom stereocenters. The third kappa shape index (κ3) is 4.16. The molecular weight excluding hydrogens is 284 g/mol. The van der Waals surface area contributed by atoms with Crippen molar-refractivity contribution in [3.8, 4) is 5.75 Å². The average Bonchev–Trinajstić information content (AvgIpc) is 2.49. The van der Waals surface area contributed by atoms with Crippen LogP contribution < -0.4 is 15.8 Å². The van der Waals surface area contributed by atoms with E-state index in [0.29, 0.717) is 5.75 Å². The number of nitrogen functional groups attached to an aromatic ring is 1. The number of amides is 1. The Bertz CT molecular complexity index is 627. The standard InChI is InChI=1S/C16H18N2O2S/c1-11-14(17)4-3-5-15(11)21-10-16(19)18-12-6-8-13(20-2)9-7-12/h3-9H,10,17H2,1-2H3,(H,18,19). The van der Waals surface area contributed by atoms with Gasteiger partial charge in [0.25, 0.3) is 0 Å². The van der Waals surface area contributed by atoms with Gasteiger partial charge in [0.2, 0.25) is 5.91 Å². The van der Waals surface area contributed by atoms with E-state index in [1.54, 1.807) is 7.11 Å². The smallest absolute Gasteiger partial charge is 0.234 e. The topological polar surface area (TPSA) is 64.3 Å². The Labute approximate surface area is 128 Å². The van der Waals surface area contributed by atoms with E-state index >= 15 is 0 Å². The zero-order chi connectivity index (χ0) is 15.2. The molecule has 2 aromatic rings. The van der Waals surface area contributed by atoms with Crippen molar-refractivity contribution in [1.29, 1.82) is 0 Å². The third-order valence-corrected chi connectivity index (χ3v) is 4.22. The summed E-state index contributed by atoms with van der Waals surface area (Å²) in [5.41, 5.74) is 8.37. The van der Waals surface area contributed by atoms with Crippen LogP contribution in [0.25, 0.3) is 0 Å². The summed E-state index contributed by atoms with van der Waals surface area (Å²) in [4.78, 5) is 13.0. The molecule has 0 atom stereocenters. The molecule has 0 aliphatic rings. The van der Waals surface area contributed by atoms with Gasteiger partial charge in [0.15, 0.2) is 0 Å². The molecule has 2 aromatic carbocycles. The minimum absolute atomic E-state index is 0.0491. The predicted molar refractivity (Wildman–Crippen MR) is 87.9 cm³/mol. The summed E-state index contributed by atoms with van der Waals surface area (Å²) in [7, 11) is 1.61. The third-order valence-electron chi connectivity index (χ3n) is 3.06. The van der Waals surface area contributed by atoms with Crippen LogP contribution in [0.15, 0.2) is 47.4 Å². The predicted octanol–water partition coefficient (Wildman–Crippen LogP) is 3.32. The number of rotatable bonds is 5. The summed E-state index contributed by atoms with van der Waals surface area (Å²) in [5, 5.41) is 2.85. The fourth-order valence-corrected chi connectivity index (χ4v) is 2.67. The summed E-state index contributed by atoms with van der Waals surface area (Å²) in [6.45, 7) is 1.96. The number of carbonyl (C=O) groups excluding carboxylic acids is 1. The van der Waals surface area contributed by atoms with Gasteiger partial charge >= 0.3 is 0 Å². The molecule has 5 heteroatoms. The number of thioether (sulfide) groups is 1. The van der Waals surface area contributed by atoms with Gasteiger partial charge in [-0.25, -0.2) is 0 Å². The summed E-state index contributed by atoms with van der Waals surface area (Å²) in [5.74, 6) is 1.06. The van der Waals surface area contributed by atoms with Gasteiger partial charge in [0.05, 0.1) is 12.9 Å². The van der Waals surface area contributed by atoms with Crippen LogP contribution >= 0.6 is 11.8 Å². The summed E-state index contributed by atoms with van der Waals surface area (Å²) in [6.07, 6.45) is 0. The maximum Gasteiger partial charge on any atom is 0.234 e. The minimum Gasteiger partial charge on any atom is -0.497 e. The van der Waals surface area contributed by atoms with Crippen molar-refractivity contribution < 1.29 is 9.53 Å². The summed E-state index contributed by atoms with van der Waals surface area (Å²) >= 11 is 1.48. The van der Waals surface area contributed by atoms with Crippen molar-refractivity contribution in [1.82, 2.24) is 0 Å². The lowest BCUT2D eigenvalue weighted by atomic mass is 10.2. The van der Waals surface area contributed by atoms with Gasteiger partial charge in [0, 0.05) is 16.3 Å². The Morgan fingerprint density at radius 2 is 1.95 bits per heavy atom. The number of methoxy groups -OCH3 is 1. The Balaban J connectivity index is 1.91. The first-order chi connectivity index (χ1) is 10.1. The molecule has 0 saturated heterocycles. The van der Waals surface area contributed by atoms with E-state index < -0.39 is 0 Å². The fraction of sp³-hybridized carbons (Fsp3) is 0.188. The van der Waals surface area contributed by atoms with E-state index in [2.05, 4.69) is 5.32 Å². The van der Waals surface area contributed by atoms with Crippen LogP contribution in [0, 0.1) is 6.92 Å². The molecule has 2 rings (SSSR count). The Morgan fingerprint density at radius 1 is 1.24 bits per heavy atom. The number of nitrogens with two attached hydrogens (primary N) is 1. The van der Waals surface area contributed by atoms with Gasteiger partial charge in [-0.15, -0.1) is 11.8 Å².